The summed E-state index contributed by atoms with van der Waals surface area (Å²) in [5, 5.41) is 5.83. The molecule has 0 bridgehead atoms. The molecule has 0 saturated heterocycles. The highest BCUT2D eigenvalue weighted by Crippen LogP contribution is 2.40. The molecule has 7 nitrogen and oxygen atoms in total. The van der Waals surface area contributed by atoms with E-state index >= 15 is 0 Å². The van der Waals surface area contributed by atoms with Crippen LogP contribution in [0.4, 0.5) is 5.69 Å². The highest BCUT2D eigenvalue weighted by atomic mass is 16.5. The van der Waals surface area contributed by atoms with Gasteiger partial charge in [0.1, 0.15) is 6.04 Å². The van der Waals surface area contributed by atoms with Gasteiger partial charge in [0.15, 0.2) is 11.5 Å². The van der Waals surface area contributed by atoms with Crippen LogP contribution in [0.25, 0.3) is 0 Å². The minimum Gasteiger partial charge on any atom is -0.493 e. The third kappa shape index (κ3) is 5.78. The van der Waals surface area contributed by atoms with Gasteiger partial charge in [0.05, 0.1) is 21.3 Å². The van der Waals surface area contributed by atoms with Crippen molar-refractivity contribution in [3.05, 3.63) is 12.1 Å². The van der Waals surface area contributed by atoms with Gasteiger partial charge in [-0.05, 0) is 37.5 Å². The lowest BCUT2D eigenvalue weighted by atomic mass is 9.82. The van der Waals surface area contributed by atoms with Crippen LogP contribution in [0.1, 0.15) is 46.5 Å². The maximum absolute atomic E-state index is 12.9. The number of carbonyl (C=O) groups excluding carboxylic acids is 2. The molecule has 1 aromatic rings. The molecule has 162 valence electrons. The molecule has 2 rings (SSSR count). The van der Waals surface area contributed by atoms with Crippen molar-refractivity contribution in [2.24, 2.45) is 17.8 Å². The van der Waals surface area contributed by atoms with Gasteiger partial charge in [-0.25, -0.2) is 0 Å². The van der Waals surface area contributed by atoms with Crippen LogP contribution in [-0.2, 0) is 9.59 Å². The first kappa shape index (κ1) is 22.8. The van der Waals surface area contributed by atoms with Crippen LogP contribution in [0.5, 0.6) is 17.2 Å². The Labute approximate surface area is 173 Å². The summed E-state index contributed by atoms with van der Waals surface area (Å²) >= 11 is 0. The highest BCUT2D eigenvalue weighted by Gasteiger charge is 2.30. The lowest BCUT2D eigenvalue weighted by molar-refractivity contribution is -0.131. The topological polar surface area (TPSA) is 85.9 Å². The Hall–Kier alpha value is -2.44. The van der Waals surface area contributed by atoms with Crippen LogP contribution in [-0.4, -0.2) is 39.2 Å². The number of methoxy groups -OCH3 is 3. The smallest absolute Gasteiger partial charge is 0.247 e. The third-order valence-electron chi connectivity index (χ3n) is 5.57. The molecular formula is C22H34N2O5. The fourth-order valence-electron chi connectivity index (χ4n) is 3.70. The maximum atomic E-state index is 12.9. The molecule has 0 spiro atoms. The van der Waals surface area contributed by atoms with Crippen molar-refractivity contribution < 1.29 is 23.8 Å². The van der Waals surface area contributed by atoms with E-state index in [0.29, 0.717) is 28.9 Å². The number of rotatable bonds is 8. The fourth-order valence-corrected chi connectivity index (χ4v) is 3.70. The van der Waals surface area contributed by atoms with Crippen LogP contribution in [0.15, 0.2) is 12.1 Å². The number of nitrogens with one attached hydrogen (secondary N) is 2. The molecule has 1 aromatic carbocycles. The number of hydrogen-bond donors (Lipinski definition) is 2. The molecule has 1 atom stereocenters. The van der Waals surface area contributed by atoms with Gasteiger partial charge in [-0.15, -0.1) is 0 Å². The third-order valence-corrected chi connectivity index (χ3v) is 5.57. The van der Waals surface area contributed by atoms with Gasteiger partial charge in [0, 0.05) is 23.7 Å². The second-order valence-corrected chi connectivity index (χ2v) is 8.09. The van der Waals surface area contributed by atoms with Gasteiger partial charge < -0.3 is 24.8 Å². The highest BCUT2D eigenvalue weighted by molar-refractivity contribution is 5.98. The molecule has 2 N–H and O–H groups in total. The predicted molar refractivity (Wildman–Crippen MR) is 113 cm³/mol. The van der Waals surface area contributed by atoms with E-state index in [4.69, 9.17) is 14.2 Å². The van der Waals surface area contributed by atoms with Crippen LogP contribution in [0, 0.1) is 17.8 Å². The van der Waals surface area contributed by atoms with E-state index in [0.717, 1.165) is 25.7 Å². The molecule has 0 aromatic heterocycles. The van der Waals surface area contributed by atoms with Gasteiger partial charge in [0.25, 0.3) is 0 Å². The monoisotopic (exact) mass is 406 g/mol. The zero-order valence-corrected chi connectivity index (χ0v) is 18.3. The molecular weight excluding hydrogens is 372 g/mol. The molecule has 0 radical (unpaired) electrons. The lowest BCUT2D eigenvalue weighted by Gasteiger charge is -2.28. The molecule has 2 amide bonds. The lowest BCUT2D eigenvalue weighted by Crippen LogP contribution is -2.49. The minimum absolute atomic E-state index is 0.0126. The largest absolute Gasteiger partial charge is 0.493 e. The maximum Gasteiger partial charge on any atom is 0.247 e. The second-order valence-electron chi connectivity index (χ2n) is 8.09. The zero-order valence-electron chi connectivity index (χ0n) is 18.3. The van der Waals surface area contributed by atoms with E-state index in [1.165, 1.54) is 21.3 Å². The first-order valence-electron chi connectivity index (χ1n) is 10.2. The second kappa shape index (κ2) is 10.4. The summed E-state index contributed by atoms with van der Waals surface area (Å²) < 4.78 is 16.0. The van der Waals surface area contributed by atoms with Crippen molar-refractivity contribution in [2.75, 3.05) is 26.6 Å². The Morgan fingerprint density at radius 3 is 1.97 bits per heavy atom. The Morgan fingerprint density at radius 2 is 1.52 bits per heavy atom. The van der Waals surface area contributed by atoms with E-state index in [1.807, 2.05) is 13.8 Å². The Morgan fingerprint density at radius 1 is 0.966 bits per heavy atom. The summed E-state index contributed by atoms with van der Waals surface area (Å²) in [6, 6.07) is 2.71. The summed E-state index contributed by atoms with van der Waals surface area (Å²) in [6.07, 6.45) is 3.88. The molecule has 1 aliphatic rings. The summed E-state index contributed by atoms with van der Waals surface area (Å²) in [6.45, 7) is 6.06. The summed E-state index contributed by atoms with van der Waals surface area (Å²) in [4.78, 5) is 25.7. The Bertz CT molecular complexity index is 686. The van der Waals surface area contributed by atoms with Gasteiger partial charge in [0.2, 0.25) is 17.6 Å². The number of hydrogen-bond acceptors (Lipinski definition) is 5. The molecule has 0 heterocycles. The van der Waals surface area contributed by atoms with Crippen molar-refractivity contribution in [3.8, 4) is 17.2 Å². The van der Waals surface area contributed by atoms with Gasteiger partial charge in [-0.3, -0.25) is 9.59 Å². The molecule has 1 fully saturated rings. The summed E-state index contributed by atoms with van der Waals surface area (Å²) in [5.74, 6) is 1.65. The van der Waals surface area contributed by atoms with Crippen molar-refractivity contribution in [2.45, 2.75) is 52.5 Å². The van der Waals surface area contributed by atoms with Crippen molar-refractivity contribution in [1.29, 1.82) is 0 Å². The number of carbonyl (C=O) groups is 2. The normalized spacial score (nSPS) is 20.0. The number of ether oxygens (including phenoxy) is 3. The predicted octanol–water partition coefficient (Wildman–Crippen LogP) is 3.62. The summed E-state index contributed by atoms with van der Waals surface area (Å²) in [5.41, 5.74) is 0.510. The van der Waals surface area contributed by atoms with Crippen LogP contribution in [0.3, 0.4) is 0 Å². The van der Waals surface area contributed by atoms with Gasteiger partial charge in [-0.2, -0.15) is 0 Å². The molecule has 0 aliphatic heterocycles. The standard InChI is InChI=1S/C22H34N2O5/c1-13(2)19(24-21(25)15-9-7-14(3)8-10-15)22(26)23-16-11-17(27-4)20(29-6)18(12-16)28-5/h11-15,19H,7-10H2,1-6H3,(H,23,26)(H,24,25)/t14?,15?,19-/m0/s1. The molecule has 1 aliphatic carbocycles. The molecule has 7 heteroatoms. The molecule has 0 unspecified atom stereocenters. The van der Waals surface area contributed by atoms with Gasteiger partial charge >= 0.3 is 0 Å². The number of anilines is 1. The number of amides is 2. The Balaban J connectivity index is 2.12. The SMILES string of the molecule is COc1cc(NC(=O)[C@@H](NC(=O)C2CCC(C)CC2)C(C)C)cc(OC)c1OC. The molecule has 29 heavy (non-hydrogen) atoms. The quantitative estimate of drug-likeness (QED) is 0.689. The summed E-state index contributed by atoms with van der Waals surface area (Å²) in [7, 11) is 4.56. The zero-order chi connectivity index (χ0) is 21.6. The van der Waals surface area contributed by atoms with Crippen molar-refractivity contribution in [3.63, 3.8) is 0 Å². The molecule has 1 saturated carbocycles. The van der Waals surface area contributed by atoms with E-state index in [-0.39, 0.29) is 23.7 Å². The van der Waals surface area contributed by atoms with Crippen molar-refractivity contribution in [1.82, 2.24) is 5.32 Å². The fraction of sp³-hybridized carbons (Fsp3) is 0.636. The van der Waals surface area contributed by atoms with Crippen LogP contribution in [0.2, 0.25) is 0 Å². The first-order chi connectivity index (χ1) is 13.8. The van der Waals surface area contributed by atoms with E-state index < -0.39 is 6.04 Å². The average Bonchev–Trinajstić information content (AvgIpc) is 2.71. The Kier molecular flexibility index (Phi) is 8.17. The average molecular weight is 407 g/mol. The van der Waals surface area contributed by atoms with Gasteiger partial charge in [-0.1, -0.05) is 20.8 Å². The first-order valence-corrected chi connectivity index (χ1v) is 10.2. The van der Waals surface area contributed by atoms with Crippen LogP contribution >= 0.6 is 0 Å². The van der Waals surface area contributed by atoms with Crippen LogP contribution < -0.4 is 24.8 Å². The van der Waals surface area contributed by atoms with E-state index in [9.17, 15) is 9.59 Å². The number of benzene rings is 1. The van der Waals surface area contributed by atoms with Crippen molar-refractivity contribution >= 4 is 17.5 Å². The van der Waals surface area contributed by atoms with E-state index in [1.54, 1.807) is 12.1 Å². The van der Waals surface area contributed by atoms with E-state index in [2.05, 4.69) is 17.6 Å². The minimum atomic E-state index is -0.624.